The smallest absolute Gasteiger partial charge is 0.348 e. The lowest BCUT2D eigenvalue weighted by Crippen LogP contribution is -2.20. The fraction of sp³-hybridized carbons (Fsp3) is 0.188. The number of thiophene rings is 1. The van der Waals surface area contributed by atoms with E-state index in [0.29, 0.717) is 21.3 Å². The first-order chi connectivity index (χ1) is 11.5. The van der Waals surface area contributed by atoms with E-state index in [9.17, 15) is 14.9 Å². The van der Waals surface area contributed by atoms with Crippen LogP contribution in [-0.4, -0.2) is 25.6 Å². The van der Waals surface area contributed by atoms with Crippen LogP contribution in [0.3, 0.4) is 0 Å². The lowest BCUT2D eigenvalue weighted by atomic mass is 10.2. The van der Waals surface area contributed by atoms with Crippen molar-refractivity contribution in [2.24, 2.45) is 0 Å². The van der Waals surface area contributed by atoms with Gasteiger partial charge in [-0.3, -0.25) is 4.79 Å². The van der Waals surface area contributed by atoms with Crippen LogP contribution >= 0.6 is 22.9 Å². The van der Waals surface area contributed by atoms with E-state index in [1.165, 1.54) is 7.11 Å². The van der Waals surface area contributed by atoms with Gasteiger partial charge in [0, 0.05) is 5.02 Å². The number of hydrogen-bond donors (Lipinski definition) is 1. The molecule has 0 saturated heterocycles. The summed E-state index contributed by atoms with van der Waals surface area (Å²) in [6, 6.07) is 8.55. The van der Waals surface area contributed by atoms with Crippen molar-refractivity contribution in [3.8, 4) is 11.8 Å². The standard InChI is InChI=1S/C16H13ClN2O4S/c1-9-12(7-18)15(24-14(9)16(21)22-2)19-13(20)8-23-11-5-3-10(17)4-6-11/h3-6H,8H2,1-2H3,(H,19,20). The summed E-state index contributed by atoms with van der Waals surface area (Å²) in [6.07, 6.45) is 0. The molecule has 2 aromatic rings. The van der Waals surface area contributed by atoms with E-state index < -0.39 is 11.9 Å². The summed E-state index contributed by atoms with van der Waals surface area (Å²) in [7, 11) is 1.26. The summed E-state index contributed by atoms with van der Waals surface area (Å²) in [4.78, 5) is 24.0. The molecule has 0 atom stereocenters. The maximum atomic E-state index is 12.0. The number of nitriles is 1. The lowest BCUT2D eigenvalue weighted by Gasteiger charge is -2.06. The van der Waals surface area contributed by atoms with Gasteiger partial charge in [0.2, 0.25) is 0 Å². The molecule has 0 aliphatic carbocycles. The molecule has 1 aromatic heterocycles. The van der Waals surface area contributed by atoms with Crippen molar-refractivity contribution >= 4 is 39.8 Å². The summed E-state index contributed by atoms with van der Waals surface area (Å²) in [5, 5.41) is 12.7. The Morgan fingerprint density at radius 3 is 2.58 bits per heavy atom. The molecule has 2 rings (SSSR count). The van der Waals surface area contributed by atoms with Gasteiger partial charge >= 0.3 is 5.97 Å². The van der Waals surface area contributed by atoms with Gasteiger partial charge in [-0.05, 0) is 36.8 Å². The van der Waals surface area contributed by atoms with E-state index in [4.69, 9.17) is 16.3 Å². The number of benzene rings is 1. The molecular formula is C16H13ClN2O4S. The van der Waals surface area contributed by atoms with Crippen LogP contribution in [0, 0.1) is 18.3 Å². The minimum atomic E-state index is -0.549. The number of esters is 1. The normalized spacial score (nSPS) is 9.92. The van der Waals surface area contributed by atoms with Crippen LogP contribution < -0.4 is 10.1 Å². The van der Waals surface area contributed by atoms with Gasteiger partial charge in [0.1, 0.15) is 21.7 Å². The van der Waals surface area contributed by atoms with Gasteiger partial charge in [-0.15, -0.1) is 11.3 Å². The average molecular weight is 365 g/mol. The van der Waals surface area contributed by atoms with Gasteiger partial charge in [0.15, 0.2) is 6.61 Å². The van der Waals surface area contributed by atoms with Gasteiger partial charge in [0.25, 0.3) is 5.91 Å². The van der Waals surface area contributed by atoms with E-state index in [0.717, 1.165) is 11.3 Å². The van der Waals surface area contributed by atoms with Crippen molar-refractivity contribution in [2.45, 2.75) is 6.92 Å². The van der Waals surface area contributed by atoms with Gasteiger partial charge in [-0.25, -0.2) is 4.79 Å². The Balaban J connectivity index is 2.07. The number of carbonyl (C=O) groups is 2. The molecule has 1 N–H and O–H groups in total. The molecule has 0 saturated carbocycles. The molecule has 0 aliphatic rings. The molecule has 6 nitrogen and oxygen atoms in total. The third-order valence-electron chi connectivity index (χ3n) is 3.07. The second kappa shape index (κ2) is 7.81. The van der Waals surface area contributed by atoms with Crippen molar-refractivity contribution in [3.05, 3.63) is 45.3 Å². The molecule has 0 unspecified atom stereocenters. The fourth-order valence-electron chi connectivity index (χ4n) is 1.87. The summed E-state index contributed by atoms with van der Waals surface area (Å²) in [5.74, 6) is -0.501. The maximum absolute atomic E-state index is 12.0. The Kier molecular flexibility index (Phi) is 5.79. The Morgan fingerprint density at radius 2 is 2.00 bits per heavy atom. The average Bonchev–Trinajstić information content (AvgIpc) is 2.89. The van der Waals surface area contributed by atoms with Crippen LogP contribution in [0.1, 0.15) is 20.8 Å². The summed E-state index contributed by atoms with van der Waals surface area (Å²) in [6.45, 7) is 1.39. The van der Waals surface area contributed by atoms with Crippen LogP contribution in [0.5, 0.6) is 5.75 Å². The molecular weight excluding hydrogens is 352 g/mol. The first-order valence-corrected chi connectivity index (χ1v) is 7.95. The summed E-state index contributed by atoms with van der Waals surface area (Å²) in [5.41, 5.74) is 0.712. The molecule has 24 heavy (non-hydrogen) atoms. The number of rotatable bonds is 5. The number of hydrogen-bond acceptors (Lipinski definition) is 6. The summed E-state index contributed by atoms with van der Waals surface area (Å²) < 4.78 is 10.00. The van der Waals surface area contributed by atoms with Gasteiger partial charge in [-0.1, -0.05) is 11.6 Å². The maximum Gasteiger partial charge on any atom is 0.348 e. The van der Waals surface area contributed by atoms with E-state index in [-0.39, 0.29) is 17.0 Å². The molecule has 1 heterocycles. The Labute approximate surface area is 147 Å². The second-order valence-electron chi connectivity index (χ2n) is 4.65. The van der Waals surface area contributed by atoms with Gasteiger partial charge < -0.3 is 14.8 Å². The van der Waals surface area contributed by atoms with E-state index >= 15 is 0 Å². The predicted molar refractivity (Wildman–Crippen MR) is 90.7 cm³/mol. The summed E-state index contributed by atoms with van der Waals surface area (Å²) >= 11 is 6.76. The molecule has 0 fully saturated rings. The third-order valence-corrected chi connectivity index (χ3v) is 4.51. The molecule has 8 heteroatoms. The molecule has 0 aliphatic heterocycles. The number of anilines is 1. The van der Waals surface area contributed by atoms with Gasteiger partial charge in [-0.2, -0.15) is 5.26 Å². The SMILES string of the molecule is COC(=O)c1sc(NC(=O)COc2ccc(Cl)cc2)c(C#N)c1C. The highest BCUT2D eigenvalue weighted by atomic mass is 35.5. The second-order valence-corrected chi connectivity index (χ2v) is 6.11. The van der Waals surface area contributed by atoms with Gasteiger partial charge in [0.05, 0.1) is 12.7 Å². The first kappa shape index (κ1) is 17.8. The Hall–Kier alpha value is -2.56. The zero-order valence-electron chi connectivity index (χ0n) is 12.9. The van der Waals surface area contributed by atoms with Crippen LogP contribution in [0.15, 0.2) is 24.3 Å². The largest absolute Gasteiger partial charge is 0.484 e. The number of nitrogens with zero attached hydrogens (tertiary/aromatic N) is 1. The topological polar surface area (TPSA) is 88.4 Å². The molecule has 0 spiro atoms. The molecule has 1 amide bonds. The Morgan fingerprint density at radius 1 is 1.33 bits per heavy atom. The predicted octanol–water partition coefficient (Wildman–Crippen LogP) is 3.39. The lowest BCUT2D eigenvalue weighted by molar-refractivity contribution is -0.118. The minimum Gasteiger partial charge on any atom is -0.484 e. The van der Waals surface area contributed by atoms with Crippen molar-refractivity contribution in [3.63, 3.8) is 0 Å². The van der Waals surface area contributed by atoms with Crippen molar-refractivity contribution in [1.82, 2.24) is 0 Å². The zero-order valence-corrected chi connectivity index (χ0v) is 14.5. The van der Waals surface area contributed by atoms with Crippen LogP contribution in [0.25, 0.3) is 0 Å². The highest BCUT2D eigenvalue weighted by molar-refractivity contribution is 7.18. The van der Waals surface area contributed by atoms with Crippen LogP contribution in [0.4, 0.5) is 5.00 Å². The van der Waals surface area contributed by atoms with Crippen molar-refractivity contribution in [2.75, 3.05) is 19.0 Å². The highest BCUT2D eigenvalue weighted by Gasteiger charge is 2.21. The number of ether oxygens (including phenoxy) is 2. The highest BCUT2D eigenvalue weighted by Crippen LogP contribution is 2.32. The van der Waals surface area contributed by atoms with E-state index in [1.807, 2.05) is 6.07 Å². The quantitative estimate of drug-likeness (QED) is 0.821. The van der Waals surface area contributed by atoms with E-state index in [2.05, 4.69) is 10.1 Å². The molecule has 124 valence electrons. The van der Waals surface area contributed by atoms with E-state index in [1.54, 1.807) is 31.2 Å². The fourth-order valence-corrected chi connectivity index (χ4v) is 3.08. The minimum absolute atomic E-state index is 0.236. The van der Waals surface area contributed by atoms with Crippen molar-refractivity contribution < 1.29 is 19.1 Å². The van der Waals surface area contributed by atoms with Crippen molar-refractivity contribution in [1.29, 1.82) is 5.26 Å². The Bertz CT molecular complexity index is 809. The monoisotopic (exact) mass is 364 g/mol. The van der Waals surface area contributed by atoms with Crippen LogP contribution in [-0.2, 0) is 9.53 Å². The number of methoxy groups -OCH3 is 1. The molecule has 1 aromatic carbocycles. The zero-order chi connectivity index (χ0) is 17.7. The molecule has 0 radical (unpaired) electrons. The number of carbonyl (C=O) groups excluding carboxylic acids is 2. The van der Waals surface area contributed by atoms with Crippen LogP contribution in [0.2, 0.25) is 5.02 Å². The molecule has 0 bridgehead atoms. The number of halogens is 1. The number of amides is 1. The first-order valence-electron chi connectivity index (χ1n) is 6.76. The third kappa shape index (κ3) is 4.04. The number of nitrogens with one attached hydrogen (secondary N) is 1.